The molecule has 2 aliphatic heterocycles. The topological polar surface area (TPSA) is 62.2 Å². The molecule has 0 aliphatic carbocycles. The van der Waals surface area contributed by atoms with E-state index in [2.05, 4.69) is 10.0 Å². The average molecular weight is 446 g/mol. The molecule has 7 heteroatoms. The van der Waals surface area contributed by atoms with Crippen LogP contribution in [0.5, 0.6) is 5.75 Å². The van der Waals surface area contributed by atoms with E-state index in [-0.39, 0.29) is 11.9 Å². The number of anilines is 2. The van der Waals surface area contributed by atoms with Crippen LogP contribution in [0.4, 0.5) is 11.4 Å². The predicted octanol–water partition coefficient (Wildman–Crippen LogP) is 4.64. The van der Waals surface area contributed by atoms with Crippen LogP contribution in [0.3, 0.4) is 0 Å². The van der Waals surface area contributed by atoms with Crippen LogP contribution in [-0.2, 0) is 15.6 Å². The molecule has 0 bridgehead atoms. The molecule has 0 aromatic heterocycles. The molecule has 1 amide bonds. The summed E-state index contributed by atoms with van der Waals surface area (Å²) in [5.41, 5.74) is 4.58. The zero-order chi connectivity index (χ0) is 22.4. The molecular formula is C25H23N3O3S. The van der Waals surface area contributed by atoms with Gasteiger partial charge in [-0.15, -0.1) is 0 Å². The Labute approximate surface area is 189 Å². The summed E-state index contributed by atoms with van der Waals surface area (Å²) in [7, 11) is 2.32. The number of nitrogens with zero attached hydrogens (tertiary/aromatic N) is 3. The maximum absolute atomic E-state index is 13.3. The lowest BCUT2D eigenvalue weighted by Crippen LogP contribution is -2.25. The van der Waals surface area contributed by atoms with Crippen molar-refractivity contribution in [3.63, 3.8) is 0 Å². The third kappa shape index (κ3) is 3.29. The van der Waals surface area contributed by atoms with Gasteiger partial charge in [0, 0.05) is 20.4 Å². The summed E-state index contributed by atoms with van der Waals surface area (Å²) in [6.45, 7) is 1.52. The fraction of sp³-hybridized carbons (Fsp3) is 0.200. The standard InChI is InChI=1S/C25H23N3O3S/c1-16(29)28-23(15-20(26-28)17-8-11-19(31-3)12-9-17)18-10-13-22-25(14-18)32(30)24-7-5-4-6-21(24)27(22)2/h4-14,23H,15H2,1-3H3. The Bertz CT molecular complexity index is 1270. The van der Waals surface area contributed by atoms with Gasteiger partial charge in [-0.1, -0.05) is 18.2 Å². The van der Waals surface area contributed by atoms with Gasteiger partial charge < -0.3 is 9.64 Å². The molecule has 0 saturated carbocycles. The highest BCUT2D eigenvalue weighted by molar-refractivity contribution is 7.85. The molecule has 0 spiro atoms. The predicted molar refractivity (Wildman–Crippen MR) is 125 cm³/mol. The van der Waals surface area contributed by atoms with Gasteiger partial charge in [-0.25, -0.2) is 9.22 Å². The number of fused-ring (bicyclic) bond motifs is 2. The van der Waals surface area contributed by atoms with Crippen LogP contribution in [-0.4, -0.2) is 35.0 Å². The number of para-hydroxylation sites is 1. The van der Waals surface area contributed by atoms with Crippen molar-refractivity contribution < 1.29 is 13.7 Å². The zero-order valence-corrected chi connectivity index (χ0v) is 18.9. The van der Waals surface area contributed by atoms with Crippen LogP contribution in [0.2, 0.25) is 0 Å². The summed E-state index contributed by atoms with van der Waals surface area (Å²) in [4.78, 5) is 16.0. The van der Waals surface area contributed by atoms with Gasteiger partial charge in [0.1, 0.15) is 5.75 Å². The van der Waals surface area contributed by atoms with E-state index in [0.29, 0.717) is 6.42 Å². The van der Waals surface area contributed by atoms with E-state index >= 15 is 0 Å². The first-order valence-electron chi connectivity index (χ1n) is 10.4. The normalized spacial score (nSPS) is 19.3. The third-order valence-electron chi connectivity index (χ3n) is 6.01. The van der Waals surface area contributed by atoms with E-state index in [1.54, 1.807) is 7.11 Å². The summed E-state index contributed by atoms with van der Waals surface area (Å²) >= 11 is 0. The second-order valence-corrected chi connectivity index (χ2v) is 9.30. The van der Waals surface area contributed by atoms with Gasteiger partial charge in [0.25, 0.3) is 0 Å². The van der Waals surface area contributed by atoms with Crippen molar-refractivity contribution in [3.05, 3.63) is 77.9 Å². The van der Waals surface area contributed by atoms with Crippen LogP contribution in [0.15, 0.2) is 81.6 Å². The molecule has 2 aliphatic rings. The molecule has 5 rings (SSSR count). The van der Waals surface area contributed by atoms with E-state index in [1.807, 2.05) is 73.8 Å². The number of methoxy groups -OCH3 is 1. The van der Waals surface area contributed by atoms with Crippen molar-refractivity contribution in [1.82, 2.24) is 5.01 Å². The van der Waals surface area contributed by atoms with Gasteiger partial charge in [0.15, 0.2) is 0 Å². The number of hydrogen-bond acceptors (Lipinski definition) is 5. The van der Waals surface area contributed by atoms with Gasteiger partial charge in [0.2, 0.25) is 5.91 Å². The van der Waals surface area contributed by atoms with Crippen molar-refractivity contribution in [2.45, 2.75) is 29.2 Å². The lowest BCUT2D eigenvalue weighted by atomic mass is 9.98. The molecule has 162 valence electrons. The second-order valence-electron chi connectivity index (χ2n) is 7.88. The summed E-state index contributed by atoms with van der Waals surface area (Å²) in [6.07, 6.45) is 0.587. The summed E-state index contributed by atoms with van der Waals surface area (Å²) in [5, 5.41) is 6.16. The van der Waals surface area contributed by atoms with Crippen LogP contribution >= 0.6 is 0 Å². The van der Waals surface area contributed by atoms with Crippen LogP contribution in [0.25, 0.3) is 0 Å². The molecule has 0 fully saturated rings. The molecule has 2 heterocycles. The SMILES string of the molecule is COc1ccc(C2=NN(C(C)=O)C(c3ccc4c(c3)S(=O)c3ccccc3N4C)C2)cc1. The quantitative estimate of drug-likeness (QED) is 0.589. The van der Waals surface area contributed by atoms with Crippen LogP contribution in [0.1, 0.15) is 30.5 Å². The van der Waals surface area contributed by atoms with E-state index in [9.17, 15) is 9.00 Å². The Hall–Kier alpha value is -3.45. The minimum absolute atomic E-state index is 0.125. The van der Waals surface area contributed by atoms with Crippen molar-refractivity contribution in [2.24, 2.45) is 5.10 Å². The lowest BCUT2D eigenvalue weighted by Gasteiger charge is -2.30. The highest BCUT2D eigenvalue weighted by Crippen LogP contribution is 2.43. The Kier molecular flexibility index (Phi) is 5.06. The number of ether oxygens (including phenoxy) is 1. The first-order valence-corrected chi connectivity index (χ1v) is 11.5. The van der Waals surface area contributed by atoms with Gasteiger partial charge >= 0.3 is 0 Å². The Balaban J connectivity index is 1.51. The fourth-order valence-corrected chi connectivity index (χ4v) is 5.79. The number of hydrogen-bond donors (Lipinski definition) is 0. The highest BCUT2D eigenvalue weighted by atomic mass is 32.2. The summed E-state index contributed by atoms with van der Waals surface area (Å²) < 4.78 is 18.6. The monoisotopic (exact) mass is 445 g/mol. The van der Waals surface area contributed by atoms with E-state index in [0.717, 1.165) is 43.8 Å². The number of hydrazone groups is 1. The molecule has 0 radical (unpaired) electrons. The largest absolute Gasteiger partial charge is 0.497 e. The Morgan fingerprint density at radius 2 is 1.75 bits per heavy atom. The molecule has 0 N–H and O–H groups in total. The zero-order valence-electron chi connectivity index (χ0n) is 18.1. The second kappa shape index (κ2) is 7.91. The molecule has 6 nitrogen and oxygen atoms in total. The maximum Gasteiger partial charge on any atom is 0.240 e. The van der Waals surface area contributed by atoms with E-state index < -0.39 is 10.8 Å². The summed E-state index contributed by atoms with van der Waals surface area (Å²) in [5.74, 6) is 0.647. The maximum atomic E-state index is 13.3. The van der Waals surface area contributed by atoms with Crippen molar-refractivity contribution in [1.29, 1.82) is 0 Å². The molecule has 3 aromatic rings. The van der Waals surface area contributed by atoms with Gasteiger partial charge in [-0.2, -0.15) is 5.10 Å². The van der Waals surface area contributed by atoms with Crippen LogP contribution in [0, 0.1) is 0 Å². The smallest absolute Gasteiger partial charge is 0.240 e. The fourth-order valence-electron chi connectivity index (χ4n) is 4.32. The van der Waals surface area contributed by atoms with Crippen molar-refractivity contribution in [3.8, 4) is 5.75 Å². The molecule has 32 heavy (non-hydrogen) atoms. The highest BCUT2D eigenvalue weighted by Gasteiger charge is 2.33. The van der Waals surface area contributed by atoms with E-state index in [1.165, 1.54) is 11.9 Å². The van der Waals surface area contributed by atoms with E-state index in [4.69, 9.17) is 4.74 Å². The third-order valence-corrected chi connectivity index (χ3v) is 7.48. The molecule has 0 saturated heterocycles. The van der Waals surface area contributed by atoms with Crippen LogP contribution < -0.4 is 9.64 Å². The first kappa shape index (κ1) is 20.5. The Morgan fingerprint density at radius 3 is 2.47 bits per heavy atom. The van der Waals surface area contributed by atoms with Gasteiger partial charge in [-0.3, -0.25) is 4.79 Å². The van der Waals surface area contributed by atoms with Crippen molar-refractivity contribution in [2.75, 3.05) is 19.1 Å². The first-order chi connectivity index (χ1) is 15.5. The molecule has 2 atom stereocenters. The number of rotatable bonds is 3. The van der Waals surface area contributed by atoms with Gasteiger partial charge in [0.05, 0.1) is 50.8 Å². The lowest BCUT2D eigenvalue weighted by molar-refractivity contribution is -0.130. The Morgan fingerprint density at radius 1 is 1.03 bits per heavy atom. The molecule has 2 unspecified atom stereocenters. The van der Waals surface area contributed by atoms with Crippen molar-refractivity contribution >= 4 is 33.8 Å². The number of carbonyl (C=O) groups is 1. The molecular weight excluding hydrogens is 422 g/mol. The van der Waals surface area contributed by atoms with Gasteiger partial charge in [-0.05, 0) is 59.7 Å². The minimum atomic E-state index is -1.29. The average Bonchev–Trinajstić information content (AvgIpc) is 3.28. The number of carbonyl (C=O) groups excluding carboxylic acids is 1. The molecule has 3 aromatic carbocycles. The number of amides is 1. The number of benzene rings is 3. The minimum Gasteiger partial charge on any atom is -0.497 e. The summed E-state index contributed by atoms with van der Waals surface area (Å²) in [6, 6.07) is 21.1.